The van der Waals surface area contributed by atoms with Gasteiger partial charge in [0.15, 0.2) is 10.8 Å². The fourth-order valence-electron chi connectivity index (χ4n) is 5.19. The number of anilines is 2. The molecule has 1 fully saturated rings. The van der Waals surface area contributed by atoms with Gasteiger partial charge in [-0.2, -0.15) is 0 Å². The van der Waals surface area contributed by atoms with Crippen LogP contribution in [0.3, 0.4) is 0 Å². The van der Waals surface area contributed by atoms with Crippen LogP contribution in [0.2, 0.25) is 0 Å². The number of carbonyl (C=O) groups excluding carboxylic acids is 1. The first-order valence-corrected chi connectivity index (χ1v) is 13.0. The number of halogens is 1. The molecule has 0 saturated carbocycles. The first-order valence-electron chi connectivity index (χ1n) is 11.8. The van der Waals surface area contributed by atoms with E-state index in [9.17, 15) is 4.79 Å². The molecule has 2 N–H and O–H groups in total. The highest BCUT2D eigenvalue weighted by molar-refractivity contribution is 9.10. The van der Waals surface area contributed by atoms with Crippen LogP contribution in [0.5, 0.6) is 5.75 Å². The lowest BCUT2D eigenvalue weighted by Gasteiger charge is -2.56. The number of fused-ring (bicyclic) bond motifs is 4. The number of aryl methyl sites for hydroxylation is 3. The van der Waals surface area contributed by atoms with Crippen molar-refractivity contribution in [3.05, 3.63) is 87.4 Å². The summed E-state index contributed by atoms with van der Waals surface area (Å²) in [4.78, 5) is 15.9. The van der Waals surface area contributed by atoms with E-state index in [0.29, 0.717) is 5.11 Å². The Labute approximate surface area is 220 Å². The van der Waals surface area contributed by atoms with E-state index in [1.54, 1.807) is 0 Å². The zero-order valence-electron chi connectivity index (χ0n) is 20.2. The number of nitrogens with zero attached hydrogens (tertiary/aromatic N) is 1. The monoisotopic (exact) mass is 549 g/mol. The van der Waals surface area contributed by atoms with Crippen molar-refractivity contribution < 1.29 is 9.53 Å². The Morgan fingerprint density at radius 3 is 2.57 bits per heavy atom. The second-order valence-electron chi connectivity index (χ2n) is 9.41. The van der Waals surface area contributed by atoms with E-state index >= 15 is 0 Å². The second kappa shape index (κ2) is 8.95. The lowest BCUT2D eigenvalue weighted by molar-refractivity contribution is -0.130. The standard InChI is InChI=1S/C28H28BrN3O2S/c1-5-18-7-10-20(11-8-18)32-27(35)31-25-21-15-19(29)9-13-23(21)34-28(32,4)24(25)26(33)30-22-12-6-16(2)14-17(22)3/h6-15,24-25H,5H2,1-4H3,(H,30,33)(H,31,35)/t24-,25-,28+/m0/s1. The van der Waals surface area contributed by atoms with Gasteiger partial charge < -0.3 is 15.4 Å². The van der Waals surface area contributed by atoms with Crippen LogP contribution in [0.4, 0.5) is 11.4 Å². The Kier molecular flexibility index (Phi) is 6.09. The molecule has 3 aromatic rings. The fourth-order valence-corrected chi connectivity index (χ4v) is 5.98. The zero-order chi connectivity index (χ0) is 24.9. The van der Waals surface area contributed by atoms with Crippen molar-refractivity contribution in [1.29, 1.82) is 0 Å². The summed E-state index contributed by atoms with van der Waals surface area (Å²) in [6.07, 6.45) is 0.946. The molecular formula is C28H28BrN3O2S. The van der Waals surface area contributed by atoms with Crippen molar-refractivity contribution in [3.8, 4) is 5.75 Å². The molecular weight excluding hydrogens is 522 g/mol. The second-order valence-corrected chi connectivity index (χ2v) is 10.7. The van der Waals surface area contributed by atoms with Gasteiger partial charge in [0.1, 0.15) is 11.7 Å². The average molecular weight is 551 g/mol. The smallest absolute Gasteiger partial charge is 0.236 e. The highest BCUT2D eigenvalue weighted by Crippen LogP contribution is 2.50. The molecule has 35 heavy (non-hydrogen) atoms. The van der Waals surface area contributed by atoms with Gasteiger partial charge >= 0.3 is 0 Å². The highest BCUT2D eigenvalue weighted by atomic mass is 79.9. The van der Waals surface area contributed by atoms with Crippen molar-refractivity contribution in [2.75, 3.05) is 10.2 Å². The van der Waals surface area contributed by atoms with Gasteiger partial charge in [0.05, 0.1) is 6.04 Å². The SMILES string of the molecule is CCc1ccc(N2C(=S)N[C@H]3c4cc(Br)ccc4O[C@]2(C)[C@@H]3C(=O)Nc2ccc(C)cc2C)cc1. The van der Waals surface area contributed by atoms with Crippen LogP contribution in [0.1, 0.15) is 42.1 Å². The molecule has 1 amide bonds. The maximum absolute atomic E-state index is 14.0. The Balaban J connectivity index is 1.61. The molecule has 180 valence electrons. The summed E-state index contributed by atoms with van der Waals surface area (Å²) in [5.41, 5.74) is 4.94. The van der Waals surface area contributed by atoms with Crippen LogP contribution in [-0.4, -0.2) is 16.7 Å². The predicted octanol–water partition coefficient (Wildman–Crippen LogP) is 6.43. The first-order chi connectivity index (χ1) is 16.7. The Hall–Kier alpha value is -2.90. The van der Waals surface area contributed by atoms with E-state index in [1.165, 1.54) is 5.56 Å². The van der Waals surface area contributed by atoms with E-state index in [0.717, 1.165) is 44.7 Å². The van der Waals surface area contributed by atoms with Crippen LogP contribution < -0.4 is 20.3 Å². The quantitative estimate of drug-likeness (QED) is 0.367. The molecule has 0 radical (unpaired) electrons. The van der Waals surface area contributed by atoms with E-state index in [-0.39, 0.29) is 11.9 Å². The van der Waals surface area contributed by atoms with E-state index in [2.05, 4.69) is 51.7 Å². The third-order valence-corrected chi connectivity index (χ3v) is 7.78. The predicted molar refractivity (Wildman–Crippen MR) is 148 cm³/mol. The summed E-state index contributed by atoms with van der Waals surface area (Å²) in [6, 6.07) is 19.8. The zero-order valence-corrected chi connectivity index (χ0v) is 22.6. The molecule has 3 atom stereocenters. The number of thiocarbonyl (C=S) groups is 1. The van der Waals surface area contributed by atoms with Gasteiger partial charge in [0, 0.05) is 21.4 Å². The maximum Gasteiger partial charge on any atom is 0.236 e. The minimum Gasteiger partial charge on any atom is -0.467 e. The molecule has 2 heterocycles. The summed E-state index contributed by atoms with van der Waals surface area (Å²) in [5, 5.41) is 7.17. The number of hydrogen-bond donors (Lipinski definition) is 2. The van der Waals surface area contributed by atoms with Crippen molar-refractivity contribution in [3.63, 3.8) is 0 Å². The van der Waals surface area contributed by atoms with Crippen LogP contribution in [0, 0.1) is 19.8 Å². The third-order valence-electron chi connectivity index (χ3n) is 6.98. The van der Waals surface area contributed by atoms with Gasteiger partial charge in [-0.1, -0.05) is 52.7 Å². The number of amides is 1. The van der Waals surface area contributed by atoms with Crippen molar-refractivity contribution in [2.24, 2.45) is 5.92 Å². The summed E-state index contributed by atoms with van der Waals surface area (Å²) < 4.78 is 7.60. The summed E-state index contributed by atoms with van der Waals surface area (Å²) in [5.74, 6) is 0.0317. The number of carbonyl (C=O) groups is 1. The lowest BCUT2D eigenvalue weighted by atomic mass is 9.78. The topological polar surface area (TPSA) is 53.6 Å². The van der Waals surface area contributed by atoms with E-state index in [1.807, 2.05) is 68.1 Å². The Morgan fingerprint density at radius 2 is 1.89 bits per heavy atom. The third kappa shape index (κ3) is 4.10. The van der Waals surface area contributed by atoms with Crippen LogP contribution in [-0.2, 0) is 11.2 Å². The number of benzene rings is 3. The molecule has 3 aromatic carbocycles. The summed E-state index contributed by atoms with van der Waals surface area (Å²) >= 11 is 9.42. The van der Waals surface area contributed by atoms with Gasteiger partial charge in [0.2, 0.25) is 5.91 Å². The van der Waals surface area contributed by atoms with Crippen molar-refractivity contribution in [2.45, 2.75) is 45.9 Å². The number of rotatable bonds is 4. The van der Waals surface area contributed by atoms with Crippen LogP contribution in [0.25, 0.3) is 0 Å². The first kappa shape index (κ1) is 23.8. The molecule has 0 aromatic heterocycles. The molecule has 0 aliphatic carbocycles. The molecule has 2 bridgehead atoms. The summed E-state index contributed by atoms with van der Waals surface area (Å²) in [7, 11) is 0. The van der Waals surface area contributed by atoms with E-state index < -0.39 is 11.6 Å². The fraction of sp³-hybridized carbons (Fsp3) is 0.286. The molecule has 2 aliphatic heterocycles. The molecule has 7 heteroatoms. The van der Waals surface area contributed by atoms with Gasteiger partial charge in [-0.15, -0.1) is 0 Å². The number of ether oxygens (including phenoxy) is 1. The van der Waals surface area contributed by atoms with Gasteiger partial charge in [0.25, 0.3) is 0 Å². The van der Waals surface area contributed by atoms with Gasteiger partial charge in [-0.05, 0) is 86.9 Å². The molecule has 5 nitrogen and oxygen atoms in total. The van der Waals surface area contributed by atoms with Crippen molar-refractivity contribution in [1.82, 2.24) is 5.32 Å². The number of hydrogen-bond acceptors (Lipinski definition) is 3. The van der Waals surface area contributed by atoms with Crippen LogP contribution in [0.15, 0.2) is 65.1 Å². The minimum atomic E-state index is -1.04. The molecule has 0 unspecified atom stereocenters. The Bertz CT molecular complexity index is 1330. The minimum absolute atomic E-state index is 0.125. The van der Waals surface area contributed by atoms with Crippen LogP contribution >= 0.6 is 28.1 Å². The normalized spacial score (nSPS) is 22.7. The molecule has 0 spiro atoms. The molecule has 1 saturated heterocycles. The van der Waals surface area contributed by atoms with Gasteiger partial charge in [-0.25, -0.2) is 0 Å². The largest absolute Gasteiger partial charge is 0.467 e. The highest BCUT2D eigenvalue weighted by Gasteiger charge is 2.59. The molecule has 2 aliphatic rings. The summed E-state index contributed by atoms with van der Waals surface area (Å²) in [6.45, 7) is 8.13. The maximum atomic E-state index is 14.0. The van der Waals surface area contributed by atoms with E-state index in [4.69, 9.17) is 17.0 Å². The molecule has 5 rings (SSSR count). The van der Waals surface area contributed by atoms with Gasteiger partial charge in [-0.3, -0.25) is 9.69 Å². The number of nitrogens with one attached hydrogen (secondary N) is 2. The van der Waals surface area contributed by atoms with Crippen molar-refractivity contribution >= 4 is 50.5 Å². The lowest BCUT2D eigenvalue weighted by Crippen LogP contribution is -2.72. The Morgan fingerprint density at radius 1 is 1.14 bits per heavy atom. The average Bonchev–Trinajstić information content (AvgIpc) is 2.81.